The Labute approximate surface area is 97.7 Å². The molecule has 0 amide bonds. The minimum atomic E-state index is 0.417. The highest BCUT2D eigenvalue weighted by atomic mass is 32.1. The second kappa shape index (κ2) is 5.43. The maximum absolute atomic E-state index is 5.22. The first kappa shape index (κ1) is 10.8. The van der Waals surface area contributed by atoms with Crippen LogP contribution in [0, 0.1) is 0 Å². The number of nitrogens with two attached hydrogens (primary N) is 1. The molecule has 0 saturated heterocycles. The second-order valence-electron chi connectivity index (χ2n) is 3.22. The van der Waals surface area contributed by atoms with Gasteiger partial charge in [-0.1, -0.05) is 0 Å². The number of anilines is 2. The number of nitrogens with one attached hydrogen (secondary N) is 2. The summed E-state index contributed by atoms with van der Waals surface area (Å²) in [4.78, 5) is 8.08. The van der Waals surface area contributed by atoms with Crippen molar-refractivity contribution in [2.45, 2.75) is 6.42 Å². The summed E-state index contributed by atoms with van der Waals surface area (Å²) in [6.07, 6.45) is 2.65. The van der Waals surface area contributed by atoms with Gasteiger partial charge in [-0.2, -0.15) is 16.3 Å². The van der Waals surface area contributed by atoms with Crippen molar-refractivity contribution in [3.63, 3.8) is 0 Å². The van der Waals surface area contributed by atoms with E-state index in [1.807, 2.05) is 6.07 Å². The number of rotatable bonds is 5. The normalized spacial score (nSPS) is 10.1. The van der Waals surface area contributed by atoms with E-state index in [9.17, 15) is 0 Å². The van der Waals surface area contributed by atoms with Gasteiger partial charge in [0.25, 0.3) is 0 Å². The van der Waals surface area contributed by atoms with Gasteiger partial charge in [-0.15, -0.1) is 0 Å². The molecule has 2 aromatic rings. The predicted molar refractivity (Wildman–Crippen MR) is 66.4 cm³/mol. The van der Waals surface area contributed by atoms with Crippen molar-refractivity contribution in [2.24, 2.45) is 5.84 Å². The Morgan fingerprint density at radius 3 is 3.06 bits per heavy atom. The summed E-state index contributed by atoms with van der Waals surface area (Å²) >= 11 is 1.71. The zero-order chi connectivity index (χ0) is 11.2. The van der Waals surface area contributed by atoms with E-state index in [-0.39, 0.29) is 0 Å². The molecule has 0 spiro atoms. The van der Waals surface area contributed by atoms with Gasteiger partial charge in [-0.3, -0.25) is 5.43 Å². The fraction of sp³-hybridized carbons (Fsp3) is 0.200. The zero-order valence-electron chi connectivity index (χ0n) is 8.68. The molecule has 6 heteroatoms. The number of hydrogen-bond acceptors (Lipinski definition) is 6. The first-order chi connectivity index (χ1) is 7.88. The van der Waals surface area contributed by atoms with E-state index < -0.39 is 0 Å². The molecule has 84 valence electrons. The van der Waals surface area contributed by atoms with Crippen LogP contribution in [0.25, 0.3) is 0 Å². The molecule has 0 aliphatic rings. The molecule has 0 fully saturated rings. The monoisotopic (exact) mass is 235 g/mol. The van der Waals surface area contributed by atoms with Crippen LogP contribution in [0.1, 0.15) is 5.56 Å². The molecule has 2 heterocycles. The van der Waals surface area contributed by atoms with Crippen molar-refractivity contribution < 1.29 is 0 Å². The van der Waals surface area contributed by atoms with Gasteiger partial charge in [0, 0.05) is 12.7 Å². The number of aromatic nitrogens is 2. The van der Waals surface area contributed by atoms with Crippen LogP contribution in [0.3, 0.4) is 0 Å². The lowest BCUT2D eigenvalue weighted by atomic mass is 10.2. The number of nitrogens with zero attached hydrogens (tertiary/aromatic N) is 2. The predicted octanol–water partition coefficient (Wildman–Crippen LogP) is 1.48. The maximum Gasteiger partial charge on any atom is 0.239 e. The van der Waals surface area contributed by atoms with Crippen molar-refractivity contribution in [2.75, 3.05) is 17.3 Å². The Hall–Kier alpha value is -1.66. The van der Waals surface area contributed by atoms with Crippen LogP contribution in [0.4, 0.5) is 11.8 Å². The van der Waals surface area contributed by atoms with Gasteiger partial charge in [0.15, 0.2) is 0 Å². The van der Waals surface area contributed by atoms with Crippen molar-refractivity contribution in [3.05, 3.63) is 34.7 Å². The van der Waals surface area contributed by atoms with E-state index in [0.29, 0.717) is 5.95 Å². The topological polar surface area (TPSA) is 75.9 Å². The first-order valence-corrected chi connectivity index (χ1v) is 5.87. The summed E-state index contributed by atoms with van der Waals surface area (Å²) in [5.41, 5.74) is 3.75. The van der Waals surface area contributed by atoms with Crippen molar-refractivity contribution in [1.29, 1.82) is 0 Å². The van der Waals surface area contributed by atoms with Gasteiger partial charge in [0.1, 0.15) is 5.82 Å². The lowest BCUT2D eigenvalue weighted by molar-refractivity contribution is 1.00. The highest BCUT2D eigenvalue weighted by Crippen LogP contribution is 2.08. The SMILES string of the molecule is NNc1nccc(NCCc2ccsc2)n1. The van der Waals surface area contributed by atoms with Gasteiger partial charge < -0.3 is 5.32 Å². The summed E-state index contributed by atoms with van der Waals surface area (Å²) in [5, 5.41) is 7.44. The van der Waals surface area contributed by atoms with E-state index in [4.69, 9.17) is 5.84 Å². The largest absolute Gasteiger partial charge is 0.370 e. The molecule has 4 N–H and O–H groups in total. The van der Waals surface area contributed by atoms with E-state index in [1.54, 1.807) is 17.5 Å². The molecule has 16 heavy (non-hydrogen) atoms. The van der Waals surface area contributed by atoms with Crippen molar-refractivity contribution in [3.8, 4) is 0 Å². The Bertz CT molecular complexity index is 429. The number of nitrogen functional groups attached to an aromatic ring is 1. The first-order valence-electron chi connectivity index (χ1n) is 4.93. The fourth-order valence-corrected chi connectivity index (χ4v) is 2.00. The molecule has 5 nitrogen and oxygen atoms in total. The molecule has 0 radical (unpaired) electrons. The molecule has 2 rings (SSSR count). The summed E-state index contributed by atoms with van der Waals surface area (Å²) in [7, 11) is 0. The number of hydrogen-bond donors (Lipinski definition) is 3. The van der Waals surface area contributed by atoms with Crippen molar-refractivity contribution >= 4 is 23.1 Å². The van der Waals surface area contributed by atoms with E-state index in [2.05, 4.69) is 37.5 Å². The van der Waals surface area contributed by atoms with Gasteiger partial charge in [-0.05, 0) is 34.9 Å². The van der Waals surface area contributed by atoms with Crippen LogP contribution in [0.15, 0.2) is 29.1 Å². The van der Waals surface area contributed by atoms with Crippen LogP contribution in [-0.2, 0) is 6.42 Å². The van der Waals surface area contributed by atoms with Crippen LogP contribution in [0.5, 0.6) is 0 Å². The summed E-state index contributed by atoms with van der Waals surface area (Å²) < 4.78 is 0. The maximum atomic E-state index is 5.22. The average Bonchev–Trinajstić information content (AvgIpc) is 2.82. The highest BCUT2D eigenvalue weighted by molar-refractivity contribution is 7.07. The summed E-state index contributed by atoms with van der Waals surface area (Å²) in [6.45, 7) is 0.845. The molecular weight excluding hydrogens is 222 g/mol. The van der Waals surface area contributed by atoms with Gasteiger partial charge in [0.2, 0.25) is 5.95 Å². The third-order valence-corrected chi connectivity index (χ3v) is 2.82. The third-order valence-electron chi connectivity index (χ3n) is 2.08. The van der Waals surface area contributed by atoms with Crippen molar-refractivity contribution in [1.82, 2.24) is 9.97 Å². The summed E-state index contributed by atoms with van der Waals surface area (Å²) in [5.74, 6) is 6.42. The van der Waals surface area contributed by atoms with Crippen LogP contribution < -0.4 is 16.6 Å². The Kier molecular flexibility index (Phi) is 3.68. The minimum Gasteiger partial charge on any atom is -0.370 e. The highest BCUT2D eigenvalue weighted by Gasteiger charge is 1.97. The standard InChI is InChI=1S/C10H13N5S/c11-15-10-13-5-2-9(14-10)12-4-1-8-3-6-16-7-8/h2-3,5-7H,1,4,11H2,(H2,12,13,14,15). The smallest absolute Gasteiger partial charge is 0.239 e. The van der Waals surface area contributed by atoms with E-state index in [0.717, 1.165) is 18.8 Å². The van der Waals surface area contributed by atoms with Crippen LogP contribution >= 0.6 is 11.3 Å². The molecular formula is C10H13N5S. The fourth-order valence-electron chi connectivity index (χ4n) is 1.30. The zero-order valence-corrected chi connectivity index (χ0v) is 9.50. The molecule has 0 saturated carbocycles. The Morgan fingerprint density at radius 2 is 2.31 bits per heavy atom. The quantitative estimate of drug-likeness (QED) is 0.540. The van der Waals surface area contributed by atoms with Gasteiger partial charge in [-0.25, -0.2) is 10.8 Å². The number of hydrazine groups is 1. The average molecular weight is 235 g/mol. The molecule has 0 aliphatic carbocycles. The molecule has 0 aromatic carbocycles. The van der Waals surface area contributed by atoms with Crippen LogP contribution in [-0.4, -0.2) is 16.5 Å². The Balaban J connectivity index is 1.85. The molecule has 0 bridgehead atoms. The minimum absolute atomic E-state index is 0.417. The van der Waals surface area contributed by atoms with Crippen LogP contribution in [0.2, 0.25) is 0 Å². The summed E-state index contributed by atoms with van der Waals surface area (Å²) in [6, 6.07) is 3.94. The van der Waals surface area contributed by atoms with E-state index >= 15 is 0 Å². The Morgan fingerprint density at radius 1 is 1.38 bits per heavy atom. The molecule has 0 atom stereocenters. The molecule has 0 unspecified atom stereocenters. The lowest BCUT2D eigenvalue weighted by Crippen LogP contribution is -2.12. The molecule has 0 aliphatic heterocycles. The molecule has 2 aromatic heterocycles. The van der Waals surface area contributed by atoms with E-state index in [1.165, 1.54) is 5.56 Å². The number of thiophene rings is 1. The second-order valence-corrected chi connectivity index (χ2v) is 4.00. The lowest BCUT2D eigenvalue weighted by Gasteiger charge is -2.05. The van der Waals surface area contributed by atoms with Gasteiger partial charge >= 0.3 is 0 Å². The van der Waals surface area contributed by atoms with Gasteiger partial charge in [0.05, 0.1) is 0 Å². The third kappa shape index (κ3) is 2.91.